The lowest BCUT2D eigenvalue weighted by atomic mass is 10.0. The first-order chi connectivity index (χ1) is 18.6. The van der Waals surface area contributed by atoms with Crippen LogP contribution >= 0.6 is 0 Å². The Morgan fingerprint density at radius 2 is 1.34 bits per heavy atom. The van der Waals surface area contributed by atoms with Gasteiger partial charge < -0.3 is 14.6 Å². The minimum atomic E-state index is -0.00252. The van der Waals surface area contributed by atoms with Crippen LogP contribution in [0.25, 0.3) is 16.9 Å². The quantitative estimate of drug-likeness (QED) is 0.228. The predicted octanol–water partition coefficient (Wildman–Crippen LogP) is 6.71. The fourth-order valence-corrected chi connectivity index (χ4v) is 4.28. The molecule has 1 heterocycles. The van der Waals surface area contributed by atoms with Crippen molar-refractivity contribution in [1.82, 2.24) is 15.0 Å². The molecular weight excluding hydrogens is 474 g/mol. The predicted molar refractivity (Wildman–Crippen MR) is 148 cm³/mol. The van der Waals surface area contributed by atoms with E-state index in [1.54, 1.807) is 10.9 Å². The first-order valence-corrected chi connectivity index (χ1v) is 12.7. The number of benzene rings is 4. The van der Waals surface area contributed by atoms with Gasteiger partial charge in [-0.3, -0.25) is 0 Å². The molecule has 5 rings (SSSR count). The number of aliphatic hydroxyl groups is 1. The average Bonchev–Trinajstić information content (AvgIpc) is 3.45. The average molecular weight is 506 g/mol. The molecule has 192 valence electrons. The van der Waals surface area contributed by atoms with Crippen LogP contribution in [0.3, 0.4) is 0 Å². The molecule has 0 saturated heterocycles. The lowest BCUT2D eigenvalue weighted by molar-refractivity contribution is 0.282. The number of hydrogen-bond acceptors (Lipinski definition) is 5. The number of rotatable bonds is 10. The SMILES string of the molecule is CC(C)c1cc(-n2nncc2-c2ccc(CO)cc2)c(OCc2ccccc2)cc1OCc1ccccc1. The van der Waals surface area contributed by atoms with Crippen LogP contribution in [0.5, 0.6) is 11.5 Å². The lowest BCUT2D eigenvalue weighted by Crippen LogP contribution is -2.08. The van der Waals surface area contributed by atoms with Gasteiger partial charge in [0.15, 0.2) is 0 Å². The van der Waals surface area contributed by atoms with E-state index in [2.05, 4.69) is 42.4 Å². The van der Waals surface area contributed by atoms with Crippen molar-refractivity contribution in [3.63, 3.8) is 0 Å². The first-order valence-electron chi connectivity index (χ1n) is 12.7. The molecule has 6 heteroatoms. The van der Waals surface area contributed by atoms with Crippen LogP contribution < -0.4 is 9.47 Å². The number of aliphatic hydroxyl groups excluding tert-OH is 1. The summed E-state index contributed by atoms with van der Waals surface area (Å²) < 4.78 is 14.5. The fourth-order valence-electron chi connectivity index (χ4n) is 4.28. The van der Waals surface area contributed by atoms with E-state index >= 15 is 0 Å². The maximum atomic E-state index is 9.45. The molecule has 0 aliphatic rings. The molecule has 0 spiro atoms. The molecule has 6 nitrogen and oxygen atoms in total. The molecule has 1 N–H and O–H groups in total. The van der Waals surface area contributed by atoms with E-state index in [1.165, 1.54) is 0 Å². The van der Waals surface area contributed by atoms with Crippen LogP contribution in [0.4, 0.5) is 0 Å². The Hall–Kier alpha value is -4.42. The molecule has 0 bridgehead atoms. The Bertz CT molecular complexity index is 1460. The molecule has 0 radical (unpaired) electrons. The van der Waals surface area contributed by atoms with E-state index < -0.39 is 0 Å². The number of nitrogens with zero attached hydrogens (tertiary/aromatic N) is 3. The third-order valence-electron chi connectivity index (χ3n) is 6.40. The minimum Gasteiger partial charge on any atom is -0.488 e. The summed E-state index contributed by atoms with van der Waals surface area (Å²) in [5, 5.41) is 18.1. The van der Waals surface area contributed by atoms with Crippen LogP contribution in [0.1, 0.15) is 42.0 Å². The normalized spacial score (nSPS) is 11.1. The molecule has 38 heavy (non-hydrogen) atoms. The van der Waals surface area contributed by atoms with Crippen molar-refractivity contribution < 1.29 is 14.6 Å². The highest BCUT2D eigenvalue weighted by molar-refractivity contribution is 5.65. The summed E-state index contributed by atoms with van der Waals surface area (Å²) >= 11 is 0. The van der Waals surface area contributed by atoms with E-state index in [0.29, 0.717) is 19.0 Å². The van der Waals surface area contributed by atoms with Crippen LogP contribution in [-0.2, 0) is 19.8 Å². The Morgan fingerprint density at radius 1 is 0.737 bits per heavy atom. The van der Waals surface area contributed by atoms with Crippen LogP contribution in [-0.4, -0.2) is 20.1 Å². The summed E-state index contributed by atoms with van der Waals surface area (Å²) in [6.45, 7) is 5.16. The molecule has 0 amide bonds. The molecule has 0 aliphatic carbocycles. The van der Waals surface area contributed by atoms with Gasteiger partial charge in [-0.25, -0.2) is 4.68 Å². The van der Waals surface area contributed by atoms with Crippen molar-refractivity contribution in [3.8, 4) is 28.4 Å². The molecule has 0 saturated carbocycles. The van der Waals surface area contributed by atoms with Crippen molar-refractivity contribution >= 4 is 0 Å². The van der Waals surface area contributed by atoms with E-state index in [4.69, 9.17) is 9.47 Å². The standard InChI is InChI=1S/C32H31N3O3/c1-23(2)28-17-29(35-30(19-33-34-35)27-15-13-24(20-36)14-16-27)32(38-22-26-11-7-4-8-12-26)18-31(28)37-21-25-9-5-3-6-10-25/h3-19,23,36H,20-22H2,1-2H3. The summed E-state index contributed by atoms with van der Waals surface area (Å²) in [5.41, 5.74) is 6.63. The van der Waals surface area contributed by atoms with Gasteiger partial charge in [-0.05, 0) is 34.2 Å². The maximum absolute atomic E-state index is 9.45. The summed E-state index contributed by atoms with van der Waals surface area (Å²) in [7, 11) is 0. The minimum absolute atomic E-state index is 0.00252. The highest BCUT2D eigenvalue weighted by Gasteiger charge is 2.20. The Morgan fingerprint density at radius 3 is 1.92 bits per heavy atom. The van der Waals surface area contributed by atoms with Gasteiger partial charge in [-0.1, -0.05) is 104 Å². The third kappa shape index (κ3) is 5.76. The van der Waals surface area contributed by atoms with Crippen LogP contribution in [0.2, 0.25) is 0 Å². The highest BCUT2D eigenvalue weighted by atomic mass is 16.5. The molecule has 4 aromatic carbocycles. The van der Waals surface area contributed by atoms with E-state index in [-0.39, 0.29) is 12.5 Å². The largest absolute Gasteiger partial charge is 0.488 e. The molecule has 5 aromatic rings. The summed E-state index contributed by atoms with van der Waals surface area (Å²) in [4.78, 5) is 0. The maximum Gasteiger partial charge on any atom is 0.149 e. The zero-order valence-corrected chi connectivity index (χ0v) is 21.6. The van der Waals surface area contributed by atoms with E-state index in [9.17, 15) is 5.11 Å². The van der Waals surface area contributed by atoms with Crippen molar-refractivity contribution in [2.75, 3.05) is 0 Å². The van der Waals surface area contributed by atoms with Crippen LogP contribution in [0.15, 0.2) is 103 Å². The second-order valence-electron chi connectivity index (χ2n) is 9.45. The zero-order valence-electron chi connectivity index (χ0n) is 21.6. The van der Waals surface area contributed by atoms with E-state index in [1.807, 2.05) is 78.9 Å². The van der Waals surface area contributed by atoms with Crippen LogP contribution in [0, 0.1) is 0 Å². The molecule has 1 aromatic heterocycles. The second kappa shape index (κ2) is 11.8. The van der Waals surface area contributed by atoms with Gasteiger partial charge in [-0.2, -0.15) is 0 Å². The Balaban J connectivity index is 1.56. The smallest absolute Gasteiger partial charge is 0.149 e. The number of ether oxygens (including phenoxy) is 2. The Labute approximate surface area is 223 Å². The lowest BCUT2D eigenvalue weighted by Gasteiger charge is -2.20. The topological polar surface area (TPSA) is 69.4 Å². The third-order valence-corrected chi connectivity index (χ3v) is 6.40. The summed E-state index contributed by atoms with van der Waals surface area (Å²) in [5.74, 6) is 1.64. The van der Waals surface area contributed by atoms with Gasteiger partial charge in [0.2, 0.25) is 0 Å². The Kier molecular flexibility index (Phi) is 7.81. The van der Waals surface area contributed by atoms with Crippen molar-refractivity contribution in [1.29, 1.82) is 0 Å². The fraction of sp³-hybridized carbons (Fsp3) is 0.188. The molecule has 0 atom stereocenters. The highest BCUT2D eigenvalue weighted by Crippen LogP contribution is 2.38. The second-order valence-corrected chi connectivity index (χ2v) is 9.45. The van der Waals surface area contributed by atoms with E-state index in [0.717, 1.165) is 44.9 Å². The van der Waals surface area contributed by atoms with Gasteiger partial charge in [0.05, 0.1) is 18.5 Å². The van der Waals surface area contributed by atoms with Gasteiger partial charge in [0.25, 0.3) is 0 Å². The van der Waals surface area contributed by atoms with Gasteiger partial charge in [0, 0.05) is 11.6 Å². The first kappa shape index (κ1) is 25.2. The van der Waals surface area contributed by atoms with Crippen molar-refractivity contribution in [3.05, 3.63) is 126 Å². The van der Waals surface area contributed by atoms with Gasteiger partial charge >= 0.3 is 0 Å². The molecule has 0 aliphatic heterocycles. The monoisotopic (exact) mass is 505 g/mol. The summed E-state index contributed by atoms with van der Waals surface area (Å²) in [6.07, 6.45) is 1.74. The zero-order chi connectivity index (χ0) is 26.3. The molecular formula is C32H31N3O3. The van der Waals surface area contributed by atoms with Crippen molar-refractivity contribution in [2.24, 2.45) is 0 Å². The molecule has 0 fully saturated rings. The summed E-state index contributed by atoms with van der Waals surface area (Å²) in [6, 6.07) is 32.0. The van der Waals surface area contributed by atoms with Gasteiger partial charge in [-0.15, -0.1) is 5.10 Å². The van der Waals surface area contributed by atoms with Crippen molar-refractivity contribution in [2.45, 2.75) is 39.6 Å². The number of hydrogen-bond donors (Lipinski definition) is 1. The number of aromatic nitrogens is 3. The molecule has 0 unspecified atom stereocenters. The van der Waals surface area contributed by atoms with Gasteiger partial charge in [0.1, 0.15) is 30.4 Å².